The molecule has 116 valence electrons. The van der Waals surface area contributed by atoms with Gasteiger partial charge in [0.15, 0.2) is 0 Å². The van der Waals surface area contributed by atoms with E-state index in [9.17, 15) is 14.7 Å². The van der Waals surface area contributed by atoms with E-state index in [-0.39, 0.29) is 5.56 Å². The topological polar surface area (TPSA) is 79.5 Å². The van der Waals surface area contributed by atoms with Crippen LogP contribution in [0.1, 0.15) is 16.1 Å². The largest absolute Gasteiger partial charge is 0.478 e. The molecule has 0 fully saturated rings. The van der Waals surface area contributed by atoms with Gasteiger partial charge in [-0.3, -0.25) is 4.79 Å². The maximum absolute atomic E-state index is 12.0. The standard InChI is InChI=1S/C16H11NO4S2/c18-13(6-5-10-3-1-7-21-10)17-15-14(16(19)20)11(9-23-15)12-4-2-8-22-12/h1-9H,(H,17,18)(H,19,20). The number of nitrogens with one attached hydrogen (secondary N) is 1. The molecule has 0 aliphatic heterocycles. The molecule has 0 unspecified atom stereocenters. The Morgan fingerprint density at radius 2 is 2.09 bits per heavy atom. The monoisotopic (exact) mass is 345 g/mol. The van der Waals surface area contributed by atoms with Crippen LogP contribution in [0.15, 0.2) is 51.8 Å². The number of hydrogen-bond acceptors (Lipinski definition) is 5. The molecule has 1 amide bonds. The third-order valence-electron chi connectivity index (χ3n) is 2.97. The summed E-state index contributed by atoms with van der Waals surface area (Å²) < 4.78 is 5.09. The van der Waals surface area contributed by atoms with Gasteiger partial charge in [0.1, 0.15) is 16.3 Å². The summed E-state index contributed by atoms with van der Waals surface area (Å²) in [5.41, 5.74) is 0.722. The Bertz CT molecular complexity index is 845. The number of thiophene rings is 2. The Balaban J connectivity index is 1.83. The SMILES string of the molecule is O=C(C=Cc1ccco1)Nc1scc(-c2cccs2)c1C(=O)O. The molecule has 5 nitrogen and oxygen atoms in total. The molecule has 7 heteroatoms. The van der Waals surface area contributed by atoms with Crippen molar-refractivity contribution in [1.82, 2.24) is 0 Å². The van der Waals surface area contributed by atoms with Crippen molar-refractivity contribution in [3.8, 4) is 10.4 Å². The Labute approximate surface area is 139 Å². The molecular weight excluding hydrogens is 334 g/mol. The minimum atomic E-state index is -1.07. The molecule has 3 heterocycles. The number of carbonyl (C=O) groups excluding carboxylic acids is 1. The van der Waals surface area contributed by atoms with Crippen LogP contribution in [0.2, 0.25) is 0 Å². The van der Waals surface area contributed by atoms with Crippen molar-refractivity contribution in [2.75, 3.05) is 5.32 Å². The minimum absolute atomic E-state index is 0.109. The van der Waals surface area contributed by atoms with E-state index >= 15 is 0 Å². The molecule has 23 heavy (non-hydrogen) atoms. The summed E-state index contributed by atoms with van der Waals surface area (Å²) in [6, 6.07) is 7.13. The second kappa shape index (κ2) is 6.64. The van der Waals surface area contributed by atoms with Gasteiger partial charge in [0, 0.05) is 21.9 Å². The molecule has 0 bridgehead atoms. The van der Waals surface area contributed by atoms with E-state index in [0.717, 1.165) is 4.88 Å². The quantitative estimate of drug-likeness (QED) is 0.671. The second-order valence-electron chi connectivity index (χ2n) is 4.47. The predicted octanol–water partition coefficient (Wildman–Crippen LogP) is 4.42. The Kier molecular flexibility index (Phi) is 4.40. The van der Waals surface area contributed by atoms with Gasteiger partial charge in [-0.05, 0) is 29.7 Å². The van der Waals surface area contributed by atoms with Crippen molar-refractivity contribution in [3.63, 3.8) is 0 Å². The first-order chi connectivity index (χ1) is 11.1. The van der Waals surface area contributed by atoms with Crippen LogP contribution in [-0.2, 0) is 4.79 Å². The van der Waals surface area contributed by atoms with Crippen molar-refractivity contribution < 1.29 is 19.1 Å². The summed E-state index contributed by atoms with van der Waals surface area (Å²) >= 11 is 2.64. The molecule has 3 aromatic heterocycles. The van der Waals surface area contributed by atoms with Crippen LogP contribution in [-0.4, -0.2) is 17.0 Å². The Morgan fingerprint density at radius 3 is 2.74 bits per heavy atom. The van der Waals surface area contributed by atoms with Crippen LogP contribution in [0.4, 0.5) is 5.00 Å². The second-order valence-corrected chi connectivity index (χ2v) is 6.30. The molecule has 0 spiro atoms. The molecule has 3 rings (SSSR count). The van der Waals surface area contributed by atoms with Crippen LogP contribution in [0.5, 0.6) is 0 Å². The average Bonchev–Trinajstić information content (AvgIpc) is 3.25. The lowest BCUT2D eigenvalue weighted by atomic mass is 10.1. The van der Waals surface area contributed by atoms with E-state index in [4.69, 9.17) is 4.42 Å². The van der Waals surface area contributed by atoms with Crippen molar-refractivity contribution in [3.05, 3.63) is 58.7 Å². The lowest BCUT2D eigenvalue weighted by Gasteiger charge is -2.02. The van der Waals surface area contributed by atoms with E-state index in [1.54, 1.807) is 17.5 Å². The molecule has 2 N–H and O–H groups in total. The molecule has 0 saturated heterocycles. The number of rotatable bonds is 5. The summed E-state index contributed by atoms with van der Waals surface area (Å²) in [6.07, 6.45) is 4.32. The number of carboxylic acid groups (broad SMARTS) is 1. The van der Waals surface area contributed by atoms with Crippen LogP contribution < -0.4 is 5.32 Å². The first kappa shape index (κ1) is 15.3. The summed E-state index contributed by atoms with van der Waals surface area (Å²) in [7, 11) is 0. The third kappa shape index (κ3) is 3.41. The van der Waals surface area contributed by atoms with E-state index in [2.05, 4.69) is 5.32 Å². The number of carboxylic acids is 1. The van der Waals surface area contributed by atoms with Crippen LogP contribution in [0.3, 0.4) is 0 Å². The van der Waals surface area contributed by atoms with E-state index in [1.165, 1.54) is 41.1 Å². The Morgan fingerprint density at radius 1 is 1.22 bits per heavy atom. The van der Waals surface area contributed by atoms with Gasteiger partial charge < -0.3 is 14.8 Å². The van der Waals surface area contributed by atoms with Gasteiger partial charge in [-0.15, -0.1) is 22.7 Å². The predicted molar refractivity (Wildman–Crippen MR) is 91.0 cm³/mol. The summed E-state index contributed by atoms with van der Waals surface area (Å²) in [5.74, 6) is -0.937. The van der Waals surface area contributed by atoms with Gasteiger partial charge in [0.25, 0.3) is 0 Å². The molecule has 0 aliphatic rings. The normalized spacial score (nSPS) is 11.0. The fraction of sp³-hybridized carbons (Fsp3) is 0. The summed E-state index contributed by atoms with van der Waals surface area (Å²) in [5, 5.41) is 16.0. The maximum atomic E-state index is 12.0. The smallest absolute Gasteiger partial charge is 0.339 e. The average molecular weight is 345 g/mol. The van der Waals surface area contributed by atoms with E-state index in [1.807, 2.05) is 17.5 Å². The zero-order chi connectivity index (χ0) is 16.2. The lowest BCUT2D eigenvalue weighted by molar-refractivity contribution is -0.111. The molecule has 0 saturated carbocycles. The van der Waals surface area contributed by atoms with Crippen molar-refractivity contribution >= 4 is 45.6 Å². The first-order valence-electron chi connectivity index (χ1n) is 6.56. The van der Waals surface area contributed by atoms with Gasteiger partial charge in [0.05, 0.1) is 6.26 Å². The molecule has 0 atom stereocenters. The number of anilines is 1. The number of aromatic carboxylic acids is 1. The molecule has 0 aliphatic carbocycles. The van der Waals surface area contributed by atoms with Gasteiger partial charge in [-0.25, -0.2) is 4.79 Å². The number of carbonyl (C=O) groups is 2. The van der Waals surface area contributed by atoms with Gasteiger partial charge in [-0.1, -0.05) is 6.07 Å². The third-order valence-corrected chi connectivity index (χ3v) is 4.77. The number of hydrogen-bond donors (Lipinski definition) is 2. The summed E-state index contributed by atoms with van der Waals surface area (Å²) in [6.45, 7) is 0. The highest BCUT2D eigenvalue weighted by Crippen LogP contribution is 2.37. The highest BCUT2D eigenvalue weighted by atomic mass is 32.1. The molecule has 3 aromatic rings. The molecular formula is C16H11NO4S2. The minimum Gasteiger partial charge on any atom is -0.478 e. The Hall–Kier alpha value is -2.64. The zero-order valence-electron chi connectivity index (χ0n) is 11.7. The van der Waals surface area contributed by atoms with Crippen LogP contribution >= 0.6 is 22.7 Å². The highest BCUT2D eigenvalue weighted by molar-refractivity contribution is 7.17. The van der Waals surface area contributed by atoms with E-state index in [0.29, 0.717) is 16.3 Å². The lowest BCUT2D eigenvalue weighted by Crippen LogP contribution is -2.10. The fourth-order valence-corrected chi connectivity index (χ4v) is 3.75. The molecule has 0 aromatic carbocycles. The van der Waals surface area contributed by atoms with Crippen molar-refractivity contribution in [2.45, 2.75) is 0 Å². The maximum Gasteiger partial charge on any atom is 0.339 e. The van der Waals surface area contributed by atoms with Gasteiger partial charge in [0.2, 0.25) is 5.91 Å². The van der Waals surface area contributed by atoms with Crippen molar-refractivity contribution in [1.29, 1.82) is 0 Å². The first-order valence-corrected chi connectivity index (χ1v) is 8.32. The highest BCUT2D eigenvalue weighted by Gasteiger charge is 2.21. The molecule has 0 radical (unpaired) electrons. The summed E-state index contributed by atoms with van der Waals surface area (Å²) in [4.78, 5) is 24.4. The number of amides is 1. The van der Waals surface area contributed by atoms with Crippen LogP contribution in [0.25, 0.3) is 16.5 Å². The number of furan rings is 1. The van der Waals surface area contributed by atoms with E-state index < -0.39 is 11.9 Å². The van der Waals surface area contributed by atoms with Crippen molar-refractivity contribution in [2.24, 2.45) is 0 Å². The zero-order valence-corrected chi connectivity index (χ0v) is 13.3. The van der Waals surface area contributed by atoms with Gasteiger partial charge >= 0.3 is 5.97 Å². The van der Waals surface area contributed by atoms with Gasteiger partial charge in [-0.2, -0.15) is 0 Å². The van der Waals surface area contributed by atoms with Crippen LogP contribution in [0, 0.1) is 0 Å². The fourth-order valence-electron chi connectivity index (χ4n) is 1.97.